The molecule has 1 aromatic carbocycles. The Balaban J connectivity index is 2.05. The molecule has 18 heavy (non-hydrogen) atoms. The highest BCUT2D eigenvalue weighted by atomic mass is 16.4. The zero-order chi connectivity index (χ0) is 12.5. The van der Waals surface area contributed by atoms with Crippen LogP contribution in [0.2, 0.25) is 0 Å². The van der Waals surface area contributed by atoms with E-state index >= 15 is 0 Å². The molecule has 0 atom stereocenters. The molecule has 2 heterocycles. The Morgan fingerprint density at radius 3 is 3.06 bits per heavy atom. The van der Waals surface area contributed by atoms with Crippen LogP contribution < -0.4 is 0 Å². The third-order valence-electron chi connectivity index (χ3n) is 2.45. The number of carboxylic acid groups (broad SMARTS) is 1. The van der Waals surface area contributed by atoms with Crippen LogP contribution >= 0.6 is 0 Å². The number of hydrogen-bond acceptors (Lipinski definition) is 5. The predicted octanol–water partition coefficient (Wildman–Crippen LogP) is 1.17. The molecule has 0 amide bonds. The van der Waals surface area contributed by atoms with Crippen LogP contribution in [0.25, 0.3) is 11.1 Å². The van der Waals surface area contributed by atoms with Crippen molar-refractivity contribution < 1.29 is 14.3 Å². The quantitative estimate of drug-likeness (QED) is 0.743. The Bertz CT molecular complexity index is 702. The van der Waals surface area contributed by atoms with Gasteiger partial charge in [-0.25, -0.2) is 19.4 Å². The molecule has 0 aliphatic heterocycles. The molecular weight excluding hydrogens is 236 g/mol. The summed E-state index contributed by atoms with van der Waals surface area (Å²) in [5, 5.41) is 13.0. The lowest BCUT2D eigenvalue weighted by Crippen LogP contribution is -1.99. The maximum absolute atomic E-state index is 11.0. The standard InChI is InChI=1S/C11H8N4O3/c16-11(17)7-2-1-3-8-10(7)18-9(14-8)4-15-6-12-5-13-15/h1-3,5-6H,4H2,(H,16,17). The van der Waals surface area contributed by atoms with E-state index in [1.807, 2.05) is 0 Å². The lowest BCUT2D eigenvalue weighted by molar-refractivity contribution is 0.0698. The van der Waals surface area contributed by atoms with E-state index in [1.165, 1.54) is 18.7 Å². The molecular formula is C11H8N4O3. The molecule has 7 nitrogen and oxygen atoms in total. The summed E-state index contributed by atoms with van der Waals surface area (Å²) in [6.45, 7) is 0.313. The molecule has 3 aromatic rings. The van der Waals surface area contributed by atoms with E-state index in [9.17, 15) is 4.79 Å². The van der Waals surface area contributed by atoms with Crippen LogP contribution in [-0.4, -0.2) is 30.8 Å². The molecule has 0 aliphatic carbocycles. The third-order valence-corrected chi connectivity index (χ3v) is 2.45. The van der Waals surface area contributed by atoms with Crippen LogP contribution in [0, 0.1) is 0 Å². The summed E-state index contributed by atoms with van der Waals surface area (Å²) in [7, 11) is 0. The predicted molar refractivity (Wildman–Crippen MR) is 60.1 cm³/mol. The number of hydrogen-bond donors (Lipinski definition) is 1. The van der Waals surface area contributed by atoms with E-state index in [0.717, 1.165) is 0 Å². The van der Waals surface area contributed by atoms with Gasteiger partial charge in [0.25, 0.3) is 0 Å². The highest BCUT2D eigenvalue weighted by Gasteiger charge is 2.14. The van der Waals surface area contributed by atoms with Gasteiger partial charge in [-0.1, -0.05) is 6.07 Å². The summed E-state index contributed by atoms with van der Waals surface area (Å²) in [5.41, 5.74) is 0.898. The number of fused-ring (bicyclic) bond motifs is 1. The molecule has 0 saturated heterocycles. The number of oxazole rings is 1. The van der Waals surface area contributed by atoms with Crippen molar-refractivity contribution in [2.45, 2.75) is 6.54 Å². The van der Waals surface area contributed by atoms with Crippen molar-refractivity contribution >= 4 is 17.1 Å². The van der Waals surface area contributed by atoms with E-state index in [1.54, 1.807) is 16.8 Å². The van der Waals surface area contributed by atoms with Crippen LogP contribution in [0.1, 0.15) is 16.2 Å². The first-order valence-electron chi connectivity index (χ1n) is 5.18. The van der Waals surface area contributed by atoms with Crippen molar-refractivity contribution in [2.24, 2.45) is 0 Å². The van der Waals surface area contributed by atoms with Gasteiger partial charge in [-0.15, -0.1) is 0 Å². The second kappa shape index (κ2) is 3.95. The molecule has 0 bridgehead atoms. The first-order valence-corrected chi connectivity index (χ1v) is 5.18. The molecule has 0 radical (unpaired) electrons. The van der Waals surface area contributed by atoms with Gasteiger partial charge in [-0.3, -0.25) is 0 Å². The number of nitrogens with zero attached hydrogens (tertiary/aromatic N) is 4. The number of benzene rings is 1. The van der Waals surface area contributed by atoms with E-state index in [-0.39, 0.29) is 11.1 Å². The molecule has 90 valence electrons. The number of carbonyl (C=O) groups is 1. The van der Waals surface area contributed by atoms with Crippen molar-refractivity contribution in [1.82, 2.24) is 19.7 Å². The highest BCUT2D eigenvalue weighted by molar-refractivity contribution is 5.99. The topological polar surface area (TPSA) is 94.0 Å². The minimum absolute atomic E-state index is 0.102. The average molecular weight is 244 g/mol. The fraction of sp³-hybridized carbons (Fsp3) is 0.0909. The first kappa shape index (κ1) is 10.5. The Morgan fingerprint density at radius 2 is 2.33 bits per heavy atom. The van der Waals surface area contributed by atoms with Crippen molar-refractivity contribution in [3.63, 3.8) is 0 Å². The average Bonchev–Trinajstić information content (AvgIpc) is 2.96. The van der Waals surface area contributed by atoms with E-state index < -0.39 is 5.97 Å². The molecule has 2 aromatic heterocycles. The van der Waals surface area contributed by atoms with Crippen LogP contribution in [-0.2, 0) is 6.54 Å². The fourth-order valence-corrected chi connectivity index (χ4v) is 1.68. The summed E-state index contributed by atoms with van der Waals surface area (Å²) in [6, 6.07) is 4.82. The number of aromatic nitrogens is 4. The largest absolute Gasteiger partial charge is 0.478 e. The second-order valence-electron chi connectivity index (χ2n) is 3.66. The Labute approximate surface area is 101 Å². The van der Waals surface area contributed by atoms with Crippen molar-refractivity contribution in [3.8, 4) is 0 Å². The third kappa shape index (κ3) is 1.71. The minimum Gasteiger partial charge on any atom is -0.478 e. The highest BCUT2D eigenvalue weighted by Crippen LogP contribution is 2.20. The van der Waals surface area contributed by atoms with Crippen molar-refractivity contribution in [3.05, 3.63) is 42.3 Å². The molecule has 3 rings (SSSR count). The van der Waals surface area contributed by atoms with E-state index in [4.69, 9.17) is 9.52 Å². The summed E-state index contributed by atoms with van der Waals surface area (Å²) >= 11 is 0. The van der Waals surface area contributed by atoms with Crippen LogP contribution in [0.15, 0.2) is 35.3 Å². The molecule has 7 heteroatoms. The molecule has 1 N–H and O–H groups in total. The molecule has 0 unspecified atom stereocenters. The molecule has 0 saturated carbocycles. The lowest BCUT2D eigenvalue weighted by Gasteiger charge is -1.94. The molecule has 0 aliphatic rings. The van der Waals surface area contributed by atoms with Gasteiger partial charge in [-0.2, -0.15) is 5.10 Å². The zero-order valence-corrected chi connectivity index (χ0v) is 9.15. The van der Waals surface area contributed by atoms with Crippen molar-refractivity contribution in [1.29, 1.82) is 0 Å². The van der Waals surface area contributed by atoms with Crippen LogP contribution in [0.3, 0.4) is 0 Å². The lowest BCUT2D eigenvalue weighted by atomic mass is 10.2. The Morgan fingerprint density at radius 1 is 1.44 bits per heavy atom. The van der Waals surface area contributed by atoms with Gasteiger partial charge in [0, 0.05) is 0 Å². The summed E-state index contributed by atoms with van der Waals surface area (Å²) < 4.78 is 7.00. The molecule has 0 spiro atoms. The monoisotopic (exact) mass is 244 g/mol. The summed E-state index contributed by atoms with van der Waals surface area (Å²) in [4.78, 5) is 19.0. The maximum atomic E-state index is 11.0. The van der Waals surface area contributed by atoms with Gasteiger partial charge < -0.3 is 9.52 Å². The zero-order valence-electron chi connectivity index (χ0n) is 9.15. The SMILES string of the molecule is O=C(O)c1cccc2nc(Cn3cncn3)oc12. The van der Waals surface area contributed by atoms with Gasteiger partial charge in [0.1, 0.15) is 30.3 Å². The minimum atomic E-state index is -1.04. The Hall–Kier alpha value is -2.70. The van der Waals surface area contributed by atoms with Crippen LogP contribution in [0.4, 0.5) is 0 Å². The van der Waals surface area contributed by atoms with Crippen molar-refractivity contribution in [2.75, 3.05) is 0 Å². The maximum Gasteiger partial charge on any atom is 0.339 e. The van der Waals surface area contributed by atoms with Gasteiger partial charge in [0.15, 0.2) is 5.58 Å². The number of aromatic carboxylic acids is 1. The van der Waals surface area contributed by atoms with Gasteiger partial charge >= 0.3 is 5.97 Å². The second-order valence-corrected chi connectivity index (χ2v) is 3.66. The Kier molecular flexibility index (Phi) is 2.30. The van der Waals surface area contributed by atoms with Crippen LogP contribution in [0.5, 0.6) is 0 Å². The van der Waals surface area contributed by atoms with Gasteiger partial charge in [0.05, 0.1) is 0 Å². The first-order chi connectivity index (χ1) is 8.74. The van der Waals surface area contributed by atoms with Gasteiger partial charge in [-0.05, 0) is 12.1 Å². The van der Waals surface area contributed by atoms with Gasteiger partial charge in [0.2, 0.25) is 5.89 Å². The van der Waals surface area contributed by atoms with E-state index in [2.05, 4.69) is 15.1 Å². The van der Waals surface area contributed by atoms with E-state index in [0.29, 0.717) is 18.0 Å². The molecule has 0 fully saturated rings. The fourth-order valence-electron chi connectivity index (χ4n) is 1.68. The normalized spacial score (nSPS) is 10.9. The number of rotatable bonds is 3. The number of carboxylic acids is 1. The summed E-state index contributed by atoms with van der Waals surface area (Å²) in [6.07, 6.45) is 2.94. The summed E-state index contributed by atoms with van der Waals surface area (Å²) in [5.74, 6) is -0.645. The number of para-hydroxylation sites is 1. The smallest absolute Gasteiger partial charge is 0.339 e.